The largest absolute Gasteiger partial charge is 0.355 e. The molecule has 1 amide bonds. The Kier molecular flexibility index (Phi) is 5.61. The second kappa shape index (κ2) is 7.23. The van der Waals surface area contributed by atoms with Crippen molar-refractivity contribution in [1.82, 2.24) is 10.6 Å². The van der Waals surface area contributed by atoms with Crippen molar-refractivity contribution < 1.29 is 4.79 Å². The molecule has 4 heteroatoms. The molecule has 0 aromatic carbocycles. The van der Waals surface area contributed by atoms with Crippen molar-refractivity contribution >= 4 is 17.2 Å². The van der Waals surface area contributed by atoms with E-state index in [1.54, 1.807) is 0 Å². The van der Waals surface area contributed by atoms with Gasteiger partial charge in [0, 0.05) is 17.5 Å². The molecule has 1 heterocycles. The summed E-state index contributed by atoms with van der Waals surface area (Å²) in [6.07, 6.45) is 4.58. The minimum Gasteiger partial charge on any atom is -0.355 e. The Morgan fingerprint density at radius 3 is 3.00 bits per heavy atom. The van der Waals surface area contributed by atoms with Crippen molar-refractivity contribution in [3.05, 3.63) is 21.9 Å². The van der Waals surface area contributed by atoms with Crippen LogP contribution in [0.15, 0.2) is 11.4 Å². The Morgan fingerprint density at radius 1 is 1.45 bits per heavy atom. The highest BCUT2D eigenvalue weighted by atomic mass is 32.1. The van der Waals surface area contributed by atoms with Gasteiger partial charge < -0.3 is 5.32 Å². The van der Waals surface area contributed by atoms with Gasteiger partial charge in [-0.2, -0.15) is 0 Å². The van der Waals surface area contributed by atoms with Crippen molar-refractivity contribution in [3.8, 4) is 0 Å². The fraction of sp³-hybridized carbons (Fsp3) is 0.688. The summed E-state index contributed by atoms with van der Waals surface area (Å²) < 4.78 is 0. The number of rotatable bonds is 6. The van der Waals surface area contributed by atoms with Crippen LogP contribution >= 0.6 is 11.3 Å². The van der Waals surface area contributed by atoms with Gasteiger partial charge in [-0.3, -0.25) is 10.1 Å². The zero-order chi connectivity index (χ0) is 14.5. The highest BCUT2D eigenvalue weighted by Crippen LogP contribution is 2.33. The molecule has 0 saturated carbocycles. The Labute approximate surface area is 126 Å². The topological polar surface area (TPSA) is 41.1 Å². The van der Waals surface area contributed by atoms with E-state index in [2.05, 4.69) is 35.9 Å². The predicted octanol–water partition coefficient (Wildman–Crippen LogP) is 3.27. The maximum Gasteiger partial charge on any atom is 0.236 e. The molecule has 0 spiro atoms. The number of hydrogen-bond donors (Lipinski definition) is 2. The first-order valence-electron chi connectivity index (χ1n) is 7.68. The molecule has 0 saturated heterocycles. The second-order valence-electron chi connectivity index (χ2n) is 6.11. The van der Waals surface area contributed by atoms with Gasteiger partial charge in [0.15, 0.2) is 0 Å². The molecule has 0 bridgehead atoms. The predicted molar refractivity (Wildman–Crippen MR) is 85.1 cm³/mol. The van der Waals surface area contributed by atoms with E-state index in [1.807, 2.05) is 18.3 Å². The zero-order valence-corrected chi connectivity index (χ0v) is 13.6. The number of thiophene rings is 1. The molecule has 1 aromatic heterocycles. The van der Waals surface area contributed by atoms with Gasteiger partial charge >= 0.3 is 0 Å². The highest BCUT2D eigenvalue weighted by molar-refractivity contribution is 7.10. The van der Waals surface area contributed by atoms with E-state index in [0.29, 0.717) is 12.0 Å². The number of aryl methyl sites for hydroxylation is 1. The van der Waals surface area contributed by atoms with Gasteiger partial charge in [-0.1, -0.05) is 13.8 Å². The van der Waals surface area contributed by atoms with Crippen molar-refractivity contribution in [2.75, 3.05) is 6.54 Å². The van der Waals surface area contributed by atoms with Crippen LogP contribution in [0.4, 0.5) is 0 Å². The molecule has 0 aliphatic heterocycles. The molecule has 20 heavy (non-hydrogen) atoms. The quantitative estimate of drug-likeness (QED) is 0.845. The molecule has 0 fully saturated rings. The van der Waals surface area contributed by atoms with E-state index in [4.69, 9.17) is 0 Å². The van der Waals surface area contributed by atoms with Gasteiger partial charge in [-0.25, -0.2) is 0 Å². The van der Waals surface area contributed by atoms with E-state index in [-0.39, 0.29) is 11.9 Å². The van der Waals surface area contributed by atoms with Crippen LogP contribution in [0.3, 0.4) is 0 Å². The third kappa shape index (κ3) is 4.06. The molecule has 3 nitrogen and oxygen atoms in total. The van der Waals surface area contributed by atoms with Crippen LogP contribution in [0, 0.1) is 5.92 Å². The van der Waals surface area contributed by atoms with Crippen molar-refractivity contribution in [1.29, 1.82) is 0 Å². The lowest BCUT2D eigenvalue weighted by atomic mass is 9.93. The third-order valence-corrected chi connectivity index (χ3v) is 4.91. The van der Waals surface area contributed by atoms with Gasteiger partial charge in [0.1, 0.15) is 0 Å². The average Bonchev–Trinajstić information content (AvgIpc) is 2.87. The van der Waals surface area contributed by atoms with Crippen LogP contribution in [0.5, 0.6) is 0 Å². The van der Waals surface area contributed by atoms with E-state index in [1.165, 1.54) is 23.3 Å². The maximum absolute atomic E-state index is 12.1. The Hall–Kier alpha value is -0.870. The van der Waals surface area contributed by atoms with Gasteiger partial charge in [0.05, 0.1) is 6.04 Å². The SMILES string of the molecule is CC(C)CCNC(=O)C(C)NC1CCCc2sccc21. The molecule has 2 unspecified atom stereocenters. The van der Waals surface area contributed by atoms with Crippen molar-refractivity contribution in [2.45, 2.75) is 58.5 Å². The molecule has 1 aliphatic rings. The number of amides is 1. The summed E-state index contributed by atoms with van der Waals surface area (Å²) in [4.78, 5) is 13.6. The molecule has 1 aromatic rings. The fourth-order valence-electron chi connectivity index (χ4n) is 2.67. The molecular formula is C16H26N2OS. The zero-order valence-electron chi connectivity index (χ0n) is 12.7. The van der Waals surface area contributed by atoms with Gasteiger partial charge in [-0.15, -0.1) is 11.3 Å². The lowest BCUT2D eigenvalue weighted by Crippen LogP contribution is -2.44. The van der Waals surface area contributed by atoms with Crippen LogP contribution < -0.4 is 10.6 Å². The molecule has 2 rings (SSSR count). The van der Waals surface area contributed by atoms with E-state index >= 15 is 0 Å². The normalized spacial score (nSPS) is 19.7. The smallest absolute Gasteiger partial charge is 0.236 e. The van der Waals surface area contributed by atoms with Crippen LogP contribution in [0.1, 0.15) is 56.5 Å². The first kappa shape index (κ1) is 15.5. The summed E-state index contributed by atoms with van der Waals surface area (Å²) >= 11 is 1.84. The fourth-order valence-corrected chi connectivity index (χ4v) is 3.66. The Balaban J connectivity index is 1.83. The Bertz CT molecular complexity index is 441. The summed E-state index contributed by atoms with van der Waals surface area (Å²) in [5.41, 5.74) is 1.41. The van der Waals surface area contributed by atoms with Crippen LogP contribution in [-0.4, -0.2) is 18.5 Å². The molecule has 1 aliphatic carbocycles. The average molecular weight is 294 g/mol. The summed E-state index contributed by atoms with van der Waals surface area (Å²) in [7, 11) is 0. The number of hydrogen-bond acceptors (Lipinski definition) is 3. The van der Waals surface area contributed by atoms with E-state index in [0.717, 1.165) is 19.4 Å². The second-order valence-corrected chi connectivity index (χ2v) is 7.11. The molecule has 2 N–H and O–H groups in total. The van der Waals surface area contributed by atoms with Gasteiger partial charge in [0.2, 0.25) is 5.91 Å². The molecule has 112 valence electrons. The highest BCUT2D eigenvalue weighted by Gasteiger charge is 2.24. The summed E-state index contributed by atoms with van der Waals surface area (Å²) in [6.45, 7) is 7.09. The number of carbonyl (C=O) groups is 1. The van der Waals surface area contributed by atoms with Gasteiger partial charge in [-0.05, 0) is 55.5 Å². The monoisotopic (exact) mass is 294 g/mol. The van der Waals surface area contributed by atoms with Crippen molar-refractivity contribution in [3.63, 3.8) is 0 Å². The molecule has 2 atom stereocenters. The number of carbonyl (C=O) groups excluding carboxylic acids is 1. The van der Waals surface area contributed by atoms with Crippen LogP contribution in [0.25, 0.3) is 0 Å². The van der Waals surface area contributed by atoms with Crippen LogP contribution in [0.2, 0.25) is 0 Å². The lowest BCUT2D eigenvalue weighted by molar-refractivity contribution is -0.123. The first-order valence-corrected chi connectivity index (χ1v) is 8.56. The maximum atomic E-state index is 12.1. The summed E-state index contributed by atoms with van der Waals surface area (Å²) in [5.74, 6) is 0.748. The van der Waals surface area contributed by atoms with E-state index in [9.17, 15) is 4.79 Å². The lowest BCUT2D eigenvalue weighted by Gasteiger charge is -2.26. The number of fused-ring (bicyclic) bond motifs is 1. The minimum atomic E-state index is -0.127. The van der Waals surface area contributed by atoms with E-state index < -0.39 is 0 Å². The number of nitrogens with one attached hydrogen (secondary N) is 2. The molecule has 0 radical (unpaired) electrons. The van der Waals surface area contributed by atoms with Crippen molar-refractivity contribution in [2.24, 2.45) is 5.92 Å². The first-order chi connectivity index (χ1) is 9.58. The minimum absolute atomic E-state index is 0.119. The Morgan fingerprint density at radius 2 is 2.25 bits per heavy atom. The summed E-state index contributed by atoms with van der Waals surface area (Å²) in [5, 5.41) is 8.68. The van der Waals surface area contributed by atoms with Crippen LogP contribution in [-0.2, 0) is 11.2 Å². The molecular weight excluding hydrogens is 268 g/mol. The summed E-state index contributed by atoms with van der Waals surface area (Å²) in [6, 6.07) is 2.43. The van der Waals surface area contributed by atoms with Gasteiger partial charge in [0.25, 0.3) is 0 Å². The standard InChI is InChI=1S/C16H26N2OS/c1-11(2)7-9-17-16(19)12(3)18-14-5-4-6-15-13(14)8-10-20-15/h8,10-12,14,18H,4-7,9H2,1-3H3,(H,17,19). The third-order valence-electron chi connectivity index (χ3n) is 3.92.